The molecule has 0 saturated carbocycles. The van der Waals surface area contributed by atoms with Crippen LogP contribution in [0.2, 0.25) is 0 Å². The first-order valence-corrected chi connectivity index (χ1v) is 17.7. The average molecular weight is 703 g/mol. The van der Waals surface area contributed by atoms with Crippen LogP contribution in [-0.2, 0) is 0 Å². The number of halogens is 1. The van der Waals surface area contributed by atoms with Crippen LogP contribution in [0.4, 0.5) is 17.1 Å². The van der Waals surface area contributed by atoms with E-state index in [4.69, 9.17) is 0 Å². The molecule has 0 aliphatic carbocycles. The van der Waals surface area contributed by atoms with Crippen LogP contribution in [0.5, 0.6) is 0 Å². The Morgan fingerprint density at radius 2 is 0.780 bits per heavy atom. The first-order valence-electron chi connectivity index (χ1n) is 17.0. The Labute approximate surface area is 300 Å². The van der Waals surface area contributed by atoms with Crippen molar-refractivity contribution in [2.24, 2.45) is 0 Å². The Morgan fingerprint density at radius 3 is 1.40 bits per heavy atom. The van der Waals surface area contributed by atoms with Gasteiger partial charge >= 0.3 is 0 Å². The Morgan fingerprint density at radius 1 is 0.300 bits per heavy atom. The number of fused-ring (bicyclic) bond motifs is 6. The van der Waals surface area contributed by atoms with Gasteiger partial charge in [0.25, 0.3) is 0 Å². The predicted molar refractivity (Wildman–Crippen MR) is 218 cm³/mol. The molecule has 9 rings (SSSR count). The molecule has 0 aliphatic heterocycles. The zero-order valence-electron chi connectivity index (χ0n) is 27.3. The molecule has 0 aromatic heterocycles. The fraction of sp³-hybridized carbons (Fsp3) is 0. The van der Waals surface area contributed by atoms with Crippen molar-refractivity contribution in [3.8, 4) is 33.4 Å². The van der Waals surface area contributed by atoms with E-state index < -0.39 is 0 Å². The fourth-order valence-electron chi connectivity index (χ4n) is 7.35. The van der Waals surface area contributed by atoms with Gasteiger partial charge in [0.05, 0.1) is 5.69 Å². The van der Waals surface area contributed by atoms with Gasteiger partial charge in [0.15, 0.2) is 0 Å². The Hall–Kier alpha value is -5.96. The molecule has 2 heteroatoms. The molecule has 0 aliphatic rings. The zero-order chi connectivity index (χ0) is 33.4. The van der Waals surface area contributed by atoms with Crippen LogP contribution in [0.15, 0.2) is 199 Å². The number of nitrogens with zero attached hydrogens (tertiary/aromatic N) is 1. The minimum atomic E-state index is 1.09. The standard InChI is InChI=1S/C48H32BrN/c49-38-24-26-44-45-27-25-39(32-47(45)43-22-11-10-21-42(43)46(44)31-38)50(48-23-13-12-20-41(48)35-18-8-3-9-19-35)40-29-36(33-14-4-1-5-15-33)28-37(30-40)34-16-6-2-7-17-34/h1-32H. The molecule has 0 radical (unpaired) electrons. The fourth-order valence-corrected chi connectivity index (χ4v) is 7.71. The van der Waals surface area contributed by atoms with Gasteiger partial charge in [-0.2, -0.15) is 0 Å². The molecule has 0 bridgehead atoms. The van der Waals surface area contributed by atoms with Crippen molar-refractivity contribution >= 4 is 65.3 Å². The van der Waals surface area contributed by atoms with Crippen molar-refractivity contribution < 1.29 is 0 Å². The second-order valence-corrected chi connectivity index (χ2v) is 13.6. The molecule has 9 aromatic rings. The minimum Gasteiger partial charge on any atom is -0.310 e. The van der Waals surface area contributed by atoms with Crippen molar-refractivity contribution in [1.82, 2.24) is 0 Å². The van der Waals surface area contributed by atoms with E-state index in [1.807, 2.05) is 0 Å². The maximum Gasteiger partial charge on any atom is 0.0540 e. The summed E-state index contributed by atoms with van der Waals surface area (Å²) in [4.78, 5) is 2.45. The van der Waals surface area contributed by atoms with Gasteiger partial charge in [-0.1, -0.05) is 162 Å². The molecule has 0 spiro atoms. The lowest BCUT2D eigenvalue weighted by atomic mass is 9.93. The normalized spacial score (nSPS) is 11.3. The first-order chi connectivity index (χ1) is 24.7. The van der Waals surface area contributed by atoms with Crippen molar-refractivity contribution in [1.29, 1.82) is 0 Å². The van der Waals surface area contributed by atoms with E-state index in [1.54, 1.807) is 0 Å². The number of para-hydroxylation sites is 1. The highest BCUT2D eigenvalue weighted by Crippen LogP contribution is 2.45. The van der Waals surface area contributed by atoms with Crippen LogP contribution in [0, 0.1) is 0 Å². The molecule has 1 nitrogen and oxygen atoms in total. The highest BCUT2D eigenvalue weighted by molar-refractivity contribution is 9.10. The zero-order valence-corrected chi connectivity index (χ0v) is 28.9. The van der Waals surface area contributed by atoms with Crippen LogP contribution < -0.4 is 4.90 Å². The van der Waals surface area contributed by atoms with Gasteiger partial charge in [-0.3, -0.25) is 0 Å². The number of anilines is 3. The summed E-state index contributed by atoms with van der Waals surface area (Å²) in [6, 6.07) is 70.3. The summed E-state index contributed by atoms with van der Waals surface area (Å²) in [5.41, 5.74) is 10.4. The van der Waals surface area contributed by atoms with Gasteiger partial charge in [-0.15, -0.1) is 0 Å². The van der Waals surface area contributed by atoms with Crippen molar-refractivity contribution in [3.63, 3.8) is 0 Å². The maximum atomic E-state index is 3.73. The highest BCUT2D eigenvalue weighted by Gasteiger charge is 2.20. The van der Waals surface area contributed by atoms with Gasteiger partial charge in [0.1, 0.15) is 0 Å². The summed E-state index contributed by atoms with van der Waals surface area (Å²) in [5.74, 6) is 0. The summed E-state index contributed by atoms with van der Waals surface area (Å²) in [6.45, 7) is 0. The van der Waals surface area contributed by atoms with Crippen molar-refractivity contribution in [3.05, 3.63) is 199 Å². The van der Waals surface area contributed by atoms with Crippen molar-refractivity contribution in [2.45, 2.75) is 0 Å². The first kappa shape index (κ1) is 30.1. The second-order valence-electron chi connectivity index (χ2n) is 12.7. The number of hydrogen-bond donors (Lipinski definition) is 0. The van der Waals surface area contributed by atoms with Crippen LogP contribution in [0.3, 0.4) is 0 Å². The molecule has 0 heterocycles. The lowest BCUT2D eigenvalue weighted by Crippen LogP contribution is -2.11. The molecular formula is C48H32BrN. The Kier molecular flexibility index (Phi) is 7.72. The van der Waals surface area contributed by atoms with Gasteiger partial charge in [0, 0.05) is 21.4 Å². The third-order valence-electron chi connectivity index (χ3n) is 9.66. The SMILES string of the molecule is Brc1ccc2c3ccc(N(c4cc(-c5ccccc5)cc(-c5ccccc5)c4)c4ccccc4-c4ccccc4)cc3c3ccccc3c2c1. The van der Waals surface area contributed by atoms with Crippen LogP contribution in [0.1, 0.15) is 0 Å². The molecule has 236 valence electrons. The molecule has 0 atom stereocenters. The molecule has 0 N–H and O–H groups in total. The van der Waals surface area contributed by atoms with Crippen molar-refractivity contribution in [2.75, 3.05) is 4.90 Å². The molecular weight excluding hydrogens is 670 g/mol. The largest absolute Gasteiger partial charge is 0.310 e. The van der Waals surface area contributed by atoms with E-state index in [2.05, 4.69) is 215 Å². The molecule has 0 saturated heterocycles. The molecule has 0 fully saturated rings. The van der Waals surface area contributed by atoms with Gasteiger partial charge in [0.2, 0.25) is 0 Å². The average Bonchev–Trinajstić information content (AvgIpc) is 3.19. The summed E-state index contributed by atoms with van der Waals surface area (Å²) in [7, 11) is 0. The summed E-state index contributed by atoms with van der Waals surface area (Å²) in [6.07, 6.45) is 0. The van der Waals surface area contributed by atoms with Gasteiger partial charge in [-0.05, 0) is 109 Å². The van der Waals surface area contributed by atoms with E-state index in [0.29, 0.717) is 0 Å². The quantitative estimate of drug-likeness (QED) is 0.156. The lowest BCUT2D eigenvalue weighted by molar-refractivity contribution is 1.29. The van der Waals surface area contributed by atoms with E-state index in [9.17, 15) is 0 Å². The third-order valence-corrected chi connectivity index (χ3v) is 10.2. The lowest BCUT2D eigenvalue weighted by Gasteiger charge is -2.29. The van der Waals surface area contributed by atoms with Crippen LogP contribution in [0.25, 0.3) is 65.7 Å². The third kappa shape index (κ3) is 5.44. The molecule has 0 unspecified atom stereocenters. The van der Waals surface area contributed by atoms with Crippen LogP contribution in [-0.4, -0.2) is 0 Å². The molecule has 50 heavy (non-hydrogen) atoms. The van der Waals surface area contributed by atoms with E-state index in [1.165, 1.54) is 65.7 Å². The molecule has 9 aromatic carbocycles. The summed E-state index contributed by atoms with van der Waals surface area (Å²) >= 11 is 3.73. The topological polar surface area (TPSA) is 3.24 Å². The monoisotopic (exact) mass is 701 g/mol. The molecule has 0 amide bonds. The van der Waals surface area contributed by atoms with E-state index in [-0.39, 0.29) is 0 Å². The van der Waals surface area contributed by atoms with E-state index in [0.717, 1.165) is 21.5 Å². The summed E-state index contributed by atoms with van der Waals surface area (Å²) < 4.78 is 1.09. The Bertz CT molecular complexity index is 2570. The maximum absolute atomic E-state index is 3.73. The van der Waals surface area contributed by atoms with Gasteiger partial charge < -0.3 is 4.90 Å². The van der Waals surface area contributed by atoms with Crippen LogP contribution >= 0.6 is 15.9 Å². The highest BCUT2D eigenvalue weighted by atomic mass is 79.9. The summed E-state index contributed by atoms with van der Waals surface area (Å²) in [5, 5.41) is 7.48. The number of rotatable bonds is 6. The number of hydrogen-bond acceptors (Lipinski definition) is 1. The Balaban J connectivity index is 1.36. The van der Waals surface area contributed by atoms with E-state index >= 15 is 0 Å². The second kappa shape index (κ2) is 12.8. The predicted octanol–water partition coefficient (Wildman–Crippen LogP) is 14.4. The smallest absolute Gasteiger partial charge is 0.0540 e. The van der Waals surface area contributed by atoms with Gasteiger partial charge in [-0.25, -0.2) is 0 Å². The number of benzene rings is 9. The minimum absolute atomic E-state index is 1.09.